The number of unbranched alkanes of at least 4 members (excludes halogenated alkanes) is 31. The number of phosphoric acid groups is 1. The summed E-state index contributed by atoms with van der Waals surface area (Å²) in [4.78, 5) is 22.9. The molecular weight excluding hydrogens is 707 g/mol. The van der Waals surface area contributed by atoms with E-state index in [1.165, 1.54) is 167 Å². The molecule has 0 aromatic rings. The van der Waals surface area contributed by atoms with E-state index in [1.807, 2.05) is 21.1 Å². The molecule has 0 saturated carbocycles. The summed E-state index contributed by atoms with van der Waals surface area (Å²) < 4.78 is 23.4. The number of amides is 1. The Balaban J connectivity index is 3.76. The van der Waals surface area contributed by atoms with Gasteiger partial charge in [-0.15, -0.1) is 0 Å². The first-order valence-electron chi connectivity index (χ1n) is 23.9. The molecule has 0 saturated heterocycles. The molecule has 1 amide bonds. The van der Waals surface area contributed by atoms with E-state index >= 15 is 0 Å². The third-order valence-corrected chi connectivity index (χ3v) is 12.1. The summed E-state index contributed by atoms with van der Waals surface area (Å²) in [6.45, 7) is 4.79. The van der Waals surface area contributed by atoms with Crippen molar-refractivity contribution in [3.8, 4) is 0 Å². The van der Waals surface area contributed by atoms with Gasteiger partial charge in [-0.2, -0.15) is 0 Å². The Bertz CT molecular complexity index is 870. The number of hydrogen-bond acceptors (Lipinski definition) is 5. The van der Waals surface area contributed by atoms with E-state index < -0.39 is 20.0 Å². The maximum absolute atomic E-state index is 12.8. The summed E-state index contributed by atoms with van der Waals surface area (Å²) in [5.41, 5.74) is 0. The van der Waals surface area contributed by atoms with Gasteiger partial charge in [0.05, 0.1) is 39.9 Å². The maximum atomic E-state index is 12.8. The molecule has 0 bridgehead atoms. The minimum atomic E-state index is -4.29. The molecule has 55 heavy (non-hydrogen) atoms. The molecule has 0 spiro atoms. The fourth-order valence-electron chi connectivity index (χ4n) is 7.28. The lowest BCUT2D eigenvalue weighted by atomic mass is 10.0. The van der Waals surface area contributed by atoms with Gasteiger partial charge in [0, 0.05) is 6.42 Å². The number of likely N-dealkylation sites (N-methyl/N-ethyl adjacent to an activating group) is 1. The van der Waals surface area contributed by atoms with Crippen molar-refractivity contribution in [1.29, 1.82) is 0 Å². The van der Waals surface area contributed by atoms with Crippen LogP contribution in [0, 0.1) is 0 Å². The van der Waals surface area contributed by atoms with Gasteiger partial charge in [-0.05, 0) is 12.8 Å². The van der Waals surface area contributed by atoms with Crippen LogP contribution in [0.15, 0.2) is 0 Å². The van der Waals surface area contributed by atoms with Crippen LogP contribution >= 0.6 is 7.82 Å². The van der Waals surface area contributed by atoms with Crippen LogP contribution < -0.4 is 5.32 Å². The summed E-state index contributed by atoms with van der Waals surface area (Å²) in [5, 5.41) is 13.7. The number of quaternary nitrogens is 1. The minimum absolute atomic E-state index is 0.0769. The number of aliphatic hydroxyl groups is 1. The van der Waals surface area contributed by atoms with Gasteiger partial charge in [-0.1, -0.05) is 219 Å². The topological polar surface area (TPSA) is 105 Å². The molecule has 0 aliphatic heterocycles. The van der Waals surface area contributed by atoms with Gasteiger partial charge in [0.25, 0.3) is 0 Å². The number of nitrogens with one attached hydrogen (secondary N) is 1. The highest BCUT2D eigenvalue weighted by Crippen LogP contribution is 2.43. The Labute approximate surface area is 342 Å². The van der Waals surface area contributed by atoms with E-state index in [2.05, 4.69) is 19.2 Å². The molecule has 8 nitrogen and oxygen atoms in total. The Kier molecular flexibility index (Phi) is 38.6. The summed E-state index contributed by atoms with van der Waals surface area (Å²) in [6.07, 6.45) is 43.7. The van der Waals surface area contributed by atoms with Crippen LogP contribution in [0.3, 0.4) is 0 Å². The molecule has 0 radical (unpaired) electrons. The lowest BCUT2D eigenvalue weighted by molar-refractivity contribution is -0.870. The van der Waals surface area contributed by atoms with E-state index in [-0.39, 0.29) is 19.1 Å². The standard InChI is InChI=1S/C46H95N2O6P/c1-6-8-10-12-13-14-15-16-17-18-19-20-21-22-23-24-25-26-27-28-29-30-31-32-33-34-35-36-38-40-46(50)47-44(45(49)39-37-11-9-7-2)43-54-55(51,52)53-42-41-48(3,4)5/h44-45,49H,6-43H2,1-5H3,(H-,47,50,51,52)/p+1. The van der Waals surface area contributed by atoms with Crippen molar-refractivity contribution in [2.45, 2.75) is 251 Å². The van der Waals surface area contributed by atoms with Crippen LogP contribution in [-0.4, -0.2) is 73.4 Å². The summed E-state index contributed by atoms with van der Waals surface area (Å²) in [5.74, 6) is -0.148. The van der Waals surface area contributed by atoms with Gasteiger partial charge in [0.15, 0.2) is 0 Å². The summed E-state index contributed by atoms with van der Waals surface area (Å²) >= 11 is 0. The zero-order valence-electron chi connectivity index (χ0n) is 37.4. The molecule has 0 aromatic carbocycles. The largest absolute Gasteiger partial charge is 0.472 e. The lowest BCUT2D eigenvalue weighted by Gasteiger charge is -2.26. The van der Waals surface area contributed by atoms with Crippen molar-refractivity contribution < 1.29 is 32.9 Å². The van der Waals surface area contributed by atoms with Gasteiger partial charge in [0.2, 0.25) is 5.91 Å². The lowest BCUT2D eigenvalue weighted by Crippen LogP contribution is -2.46. The second-order valence-corrected chi connectivity index (χ2v) is 19.3. The van der Waals surface area contributed by atoms with Crippen molar-refractivity contribution in [3.63, 3.8) is 0 Å². The zero-order chi connectivity index (χ0) is 40.7. The number of carbonyl (C=O) groups is 1. The van der Waals surface area contributed by atoms with Gasteiger partial charge in [0.1, 0.15) is 13.2 Å². The predicted octanol–water partition coefficient (Wildman–Crippen LogP) is 13.4. The molecule has 0 aliphatic carbocycles. The van der Waals surface area contributed by atoms with E-state index in [0.717, 1.165) is 44.9 Å². The second-order valence-electron chi connectivity index (χ2n) is 17.9. The molecule has 9 heteroatoms. The predicted molar refractivity (Wildman–Crippen MR) is 236 cm³/mol. The quantitative estimate of drug-likeness (QED) is 0.0322. The monoisotopic (exact) mass is 804 g/mol. The highest BCUT2D eigenvalue weighted by atomic mass is 31.2. The van der Waals surface area contributed by atoms with Crippen LogP contribution in [0.2, 0.25) is 0 Å². The van der Waals surface area contributed by atoms with E-state index in [4.69, 9.17) is 9.05 Å². The number of carbonyl (C=O) groups excluding carboxylic acids is 1. The third kappa shape index (κ3) is 41.5. The molecular formula is C46H96N2O6P+. The maximum Gasteiger partial charge on any atom is 0.472 e. The minimum Gasteiger partial charge on any atom is -0.391 e. The van der Waals surface area contributed by atoms with Crippen LogP contribution in [0.5, 0.6) is 0 Å². The summed E-state index contributed by atoms with van der Waals surface area (Å²) in [7, 11) is 1.62. The van der Waals surface area contributed by atoms with E-state index in [9.17, 15) is 19.4 Å². The van der Waals surface area contributed by atoms with Crippen molar-refractivity contribution in [3.05, 3.63) is 0 Å². The van der Waals surface area contributed by atoms with Crippen LogP contribution in [0.4, 0.5) is 0 Å². The van der Waals surface area contributed by atoms with E-state index in [1.54, 1.807) is 0 Å². The molecule has 0 aromatic heterocycles. The number of nitrogens with zero attached hydrogens (tertiary/aromatic N) is 1. The Hall–Kier alpha value is -0.500. The zero-order valence-corrected chi connectivity index (χ0v) is 38.3. The fraction of sp³-hybridized carbons (Fsp3) is 0.978. The molecule has 3 N–H and O–H groups in total. The molecule has 0 rings (SSSR count). The molecule has 3 atom stereocenters. The molecule has 330 valence electrons. The molecule has 0 heterocycles. The molecule has 3 unspecified atom stereocenters. The molecule has 0 fully saturated rings. The highest BCUT2D eigenvalue weighted by Gasteiger charge is 2.28. The Morgan fingerprint density at radius 2 is 0.873 bits per heavy atom. The number of aliphatic hydroxyl groups excluding tert-OH is 1. The normalized spacial score (nSPS) is 14.2. The first-order valence-corrected chi connectivity index (χ1v) is 25.4. The summed E-state index contributed by atoms with van der Waals surface area (Å²) in [6, 6.07) is -0.750. The van der Waals surface area contributed by atoms with E-state index in [0.29, 0.717) is 23.9 Å². The van der Waals surface area contributed by atoms with Gasteiger partial charge in [-0.25, -0.2) is 4.57 Å². The molecule has 0 aliphatic rings. The Morgan fingerprint density at radius 3 is 1.22 bits per heavy atom. The fourth-order valence-corrected chi connectivity index (χ4v) is 8.02. The third-order valence-electron chi connectivity index (χ3n) is 11.1. The number of hydrogen-bond donors (Lipinski definition) is 3. The van der Waals surface area contributed by atoms with Crippen molar-refractivity contribution in [2.75, 3.05) is 40.9 Å². The highest BCUT2D eigenvalue weighted by molar-refractivity contribution is 7.47. The van der Waals surface area contributed by atoms with Gasteiger partial charge >= 0.3 is 7.82 Å². The second kappa shape index (κ2) is 39.0. The SMILES string of the molecule is CCCCCCCCCCCCCCCCCCCCCCCCCCCCCCCC(=O)NC(COP(=O)(O)OCC[N+](C)(C)C)C(O)CCCCCC. The average Bonchev–Trinajstić information content (AvgIpc) is 3.13. The smallest absolute Gasteiger partial charge is 0.391 e. The van der Waals surface area contributed by atoms with Crippen LogP contribution in [0.25, 0.3) is 0 Å². The van der Waals surface area contributed by atoms with Gasteiger partial charge in [-0.3, -0.25) is 13.8 Å². The van der Waals surface area contributed by atoms with Gasteiger partial charge < -0.3 is 19.8 Å². The Morgan fingerprint density at radius 1 is 0.545 bits per heavy atom. The average molecular weight is 804 g/mol. The van der Waals surface area contributed by atoms with Crippen molar-refractivity contribution in [2.24, 2.45) is 0 Å². The first-order chi connectivity index (χ1) is 26.5. The van der Waals surface area contributed by atoms with Crippen molar-refractivity contribution in [1.82, 2.24) is 5.32 Å². The van der Waals surface area contributed by atoms with Crippen LogP contribution in [0.1, 0.15) is 239 Å². The number of phosphoric ester groups is 1. The first kappa shape index (κ1) is 54.5. The van der Waals surface area contributed by atoms with Crippen LogP contribution in [-0.2, 0) is 18.4 Å². The number of rotatable bonds is 44. The van der Waals surface area contributed by atoms with Crippen molar-refractivity contribution >= 4 is 13.7 Å².